The predicted molar refractivity (Wildman–Crippen MR) is 71.5 cm³/mol. The number of fused-ring (bicyclic) bond motifs is 1. The van der Waals surface area contributed by atoms with Crippen LogP contribution < -0.4 is 5.32 Å². The molecule has 3 aromatic heterocycles. The number of amides is 1. The van der Waals surface area contributed by atoms with Crippen LogP contribution in [0.3, 0.4) is 0 Å². The van der Waals surface area contributed by atoms with Crippen molar-refractivity contribution in [2.24, 2.45) is 0 Å². The van der Waals surface area contributed by atoms with Gasteiger partial charge in [-0.1, -0.05) is 6.07 Å². The fourth-order valence-corrected chi connectivity index (χ4v) is 1.92. The third-order valence-corrected chi connectivity index (χ3v) is 2.87. The molecule has 0 bridgehead atoms. The SMILES string of the molecule is O=C(NCc1cccnc1)c1c[nH]c2ncccc12. The number of nitrogens with one attached hydrogen (secondary N) is 2. The van der Waals surface area contributed by atoms with E-state index in [1.807, 2.05) is 24.3 Å². The first kappa shape index (κ1) is 11.4. The van der Waals surface area contributed by atoms with Gasteiger partial charge in [-0.25, -0.2) is 4.98 Å². The lowest BCUT2D eigenvalue weighted by atomic mass is 10.2. The van der Waals surface area contributed by atoms with E-state index in [9.17, 15) is 4.79 Å². The Morgan fingerprint density at radius 1 is 1.26 bits per heavy atom. The molecule has 0 aromatic carbocycles. The zero-order valence-electron chi connectivity index (χ0n) is 10.1. The summed E-state index contributed by atoms with van der Waals surface area (Å²) < 4.78 is 0. The summed E-state index contributed by atoms with van der Waals surface area (Å²) in [5.74, 6) is -0.122. The van der Waals surface area contributed by atoms with Crippen molar-refractivity contribution in [2.75, 3.05) is 0 Å². The van der Waals surface area contributed by atoms with Crippen LogP contribution >= 0.6 is 0 Å². The Hall–Kier alpha value is -2.69. The average Bonchev–Trinajstić information content (AvgIpc) is 2.90. The minimum Gasteiger partial charge on any atom is -0.348 e. The summed E-state index contributed by atoms with van der Waals surface area (Å²) in [6, 6.07) is 7.45. The number of pyridine rings is 2. The molecule has 5 heteroatoms. The maximum absolute atomic E-state index is 12.1. The van der Waals surface area contributed by atoms with Crippen molar-refractivity contribution in [1.82, 2.24) is 20.3 Å². The van der Waals surface area contributed by atoms with Gasteiger partial charge >= 0.3 is 0 Å². The van der Waals surface area contributed by atoms with Crippen molar-refractivity contribution in [1.29, 1.82) is 0 Å². The summed E-state index contributed by atoms with van der Waals surface area (Å²) in [5, 5.41) is 3.69. The average molecular weight is 252 g/mol. The third-order valence-electron chi connectivity index (χ3n) is 2.87. The molecule has 2 N–H and O–H groups in total. The molecule has 0 radical (unpaired) electrons. The molecule has 0 unspecified atom stereocenters. The van der Waals surface area contributed by atoms with Crippen LogP contribution in [-0.2, 0) is 6.54 Å². The van der Waals surface area contributed by atoms with Crippen LogP contribution in [0.5, 0.6) is 0 Å². The van der Waals surface area contributed by atoms with E-state index in [1.165, 1.54) is 0 Å². The summed E-state index contributed by atoms with van der Waals surface area (Å²) >= 11 is 0. The van der Waals surface area contributed by atoms with E-state index in [-0.39, 0.29) is 5.91 Å². The number of aromatic amines is 1. The van der Waals surface area contributed by atoms with Gasteiger partial charge in [0, 0.05) is 36.7 Å². The standard InChI is InChI=1S/C14H12N4O/c19-14(18-8-10-3-1-5-15-7-10)12-9-17-13-11(12)4-2-6-16-13/h1-7,9H,8H2,(H,16,17)(H,18,19). The third kappa shape index (κ3) is 2.30. The van der Waals surface area contributed by atoms with Gasteiger partial charge in [-0.15, -0.1) is 0 Å². The van der Waals surface area contributed by atoms with Crippen LogP contribution in [0, 0.1) is 0 Å². The first-order chi connectivity index (χ1) is 9.34. The number of carbonyl (C=O) groups excluding carboxylic acids is 1. The van der Waals surface area contributed by atoms with E-state index in [0.29, 0.717) is 17.8 Å². The Kier molecular flexibility index (Phi) is 2.94. The fourth-order valence-electron chi connectivity index (χ4n) is 1.92. The van der Waals surface area contributed by atoms with E-state index in [0.717, 1.165) is 10.9 Å². The summed E-state index contributed by atoms with van der Waals surface area (Å²) in [6.45, 7) is 0.458. The first-order valence-corrected chi connectivity index (χ1v) is 5.94. The Morgan fingerprint density at radius 3 is 3.00 bits per heavy atom. The Bertz CT molecular complexity index is 706. The van der Waals surface area contributed by atoms with Gasteiger partial charge in [0.1, 0.15) is 5.65 Å². The van der Waals surface area contributed by atoms with Crippen LogP contribution in [-0.4, -0.2) is 20.9 Å². The highest BCUT2D eigenvalue weighted by Crippen LogP contribution is 2.15. The molecule has 1 amide bonds. The molecule has 0 aliphatic heterocycles. The molecule has 0 aliphatic carbocycles. The van der Waals surface area contributed by atoms with Gasteiger partial charge in [-0.05, 0) is 23.8 Å². The van der Waals surface area contributed by atoms with Crippen molar-refractivity contribution < 1.29 is 4.79 Å². The van der Waals surface area contributed by atoms with Gasteiger partial charge in [0.15, 0.2) is 0 Å². The molecule has 19 heavy (non-hydrogen) atoms. The quantitative estimate of drug-likeness (QED) is 0.747. The molecule has 5 nitrogen and oxygen atoms in total. The predicted octanol–water partition coefficient (Wildman–Crippen LogP) is 1.89. The van der Waals surface area contributed by atoms with Gasteiger partial charge in [-0.3, -0.25) is 9.78 Å². The number of hydrogen-bond donors (Lipinski definition) is 2. The van der Waals surface area contributed by atoms with Crippen molar-refractivity contribution in [3.63, 3.8) is 0 Å². The lowest BCUT2D eigenvalue weighted by Crippen LogP contribution is -2.22. The van der Waals surface area contributed by atoms with Crippen LogP contribution in [0.15, 0.2) is 49.1 Å². The maximum atomic E-state index is 12.1. The van der Waals surface area contributed by atoms with Gasteiger partial charge in [-0.2, -0.15) is 0 Å². The molecule has 0 atom stereocenters. The second kappa shape index (κ2) is 4.89. The molecule has 0 aliphatic rings. The highest BCUT2D eigenvalue weighted by molar-refractivity contribution is 6.05. The normalized spacial score (nSPS) is 10.5. The number of nitrogens with zero attached hydrogens (tertiary/aromatic N) is 2. The summed E-state index contributed by atoms with van der Waals surface area (Å²) in [5.41, 5.74) is 2.29. The topological polar surface area (TPSA) is 70.7 Å². The van der Waals surface area contributed by atoms with Gasteiger partial charge in [0.05, 0.1) is 5.56 Å². The Balaban J connectivity index is 1.77. The second-order valence-electron chi connectivity index (χ2n) is 4.15. The van der Waals surface area contributed by atoms with E-state index in [4.69, 9.17) is 0 Å². The number of H-pyrrole nitrogens is 1. The summed E-state index contributed by atoms with van der Waals surface area (Å²) in [7, 11) is 0. The number of hydrogen-bond acceptors (Lipinski definition) is 3. The molecular weight excluding hydrogens is 240 g/mol. The van der Waals surface area contributed by atoms with E-state index in [1.54, 1.807) is 24.8 Å². The first-order valence-electron chi connectivity index (χ1n) is 5.94. The molecule has 0 saturated heterocycles. The monoisotopic (exact) mass is 252 g/mol. The minimum absolute atomic E-state index is 0.122. The lowest BCUT2D eigenvalue weighted by molar-refractivity contribution is 0.0952. The molecule has 0 spiro atoms. The number of aromatic nitrogens is 3. The zero-order chi connectivity index (χ0) is 13.1. The molecule has 3 heterocycles. The smallest absolute Gasteiger partial charge is 0.253 e. The maximum Gasteiger partial charge on any atom is 0.253 e. The molecular formula is C14H12N4O. The molecule has 3 aromatic rings. The van der Waals surface area contributed by atoms with Gasteiger partial charge < -0.3 is 10.3 Å². The second-order valence-corrected chi connectivity index (χ2v) is 4.15. The fraction of sp³-hybridized carbons (Fsp3) is 0.0714. The van der Waals surface area contributed by atoms with Crippen LogP contribution in [0.2, 0.25) is 0 Å². The van der Waals surface area contributed by atoms with Crippen LogP contribution in [0.25, 0.3) is 11.0 Å². The van der Waals surface area contributed by atoms with E-state index in [2.05, 4.69) is 20.3 Å². The van der Waals surface area contributed by atoms with Gasteiger partial charge in [0.25, 0.3) is 5.91 Å². The molecule has 3 rings (SSSR count). The largest absolute Gasteiger partial charge is 0.348 e. The van der Waals surface area contributed by atoms with Crippen molar-refractivity contribution >= 4 is 16.9 Å². The van der Waals surface area contributed by atoms with Crippen molar-refractivity contribution in [2.45, 2.75) is 6.54 Å². The van der Waals surface area contributed by atoms with Crippen molar-refractivity contribution in [3.05, 3.63) is 60.2 Å². The molecule has 94 valence electrons. The van der Waals surface area contributed by atoms with Crippen molar-refractivity contribution in [3.8, 4) is 0 Å². The highest BCUT2D eigenvalue weighted by atomic mass is 16.1. The van der Waals surface area contributed by atoms with E-state index < -0.39 is 0 Å². The van der Waals surface area contributed by atoms with E-state index >= 15 is 0 Å². The van der Waals surface area contributed by atoms with Gasteiger partial charge in [0.2, 0.25) is 0 Å². The summed E-state index contributed by atoms with van der Waals surface area (Å²) in [4.78, 5) is 23.3. The number of carbonyl (C=O) groups is 1. The van der Waals surface area contributed by atoms with Crippen LogP contribution in [0.4, 0.5) is 0 Å². The molecule has 0 fully saturated rings. The number of rotatable bonds is 3. The minimum atomic E-state index is -0.122. The zero-order valence-corrected chi connectivity index (χ0v) is 10.1. The molecule has 0 saturated carbocycles. The Morgan fingerprint density at radius 2 is 2.16 bits per heavy atom. The highest BCUT2D eigenvalue weighted by Gasteiger charge is 2.11. The van der Waals surface area contributed by atoms with Crippen LogP contribution in [0.1, 0.15) is 15.9 Å². The lowest BCUT2D eigenvalue weighted by Gasteiger charge is -2.03. The summed E-state index contributed by atoms with van der Waals surface area (Å²) in [6.07, 6.45) is 6.81. The Labute approximate surface area is 109 Å².